The number of aromatic hydroxyl groups is 1. The highest BCUT2D eigenvalue weighted by Gasteiger charge is 2.06. The summed E-state index contributed by atoms with van der Waals surface area (Å²) in [4.78, 5) is 0.252. The molecular weight excluding hydrogens is 256 g/mol. The Balaban J connectivity index is 2.11. The molecule has 2 aromatic rings. The van der Waals surface area contributed by atoms with E-state index in [2.05, 4.69) is 0 Å². The average molecular weight is 267 g/mol. The number of phenols is 1. The summed E-state index contributed by atoms with van der Waals surface area (Å²) in [7, 11) is 0. The van der Waals surface area contributed by atoms with Gasteiger partial charge in [-0.05, 0) is 35.9 Å². The molecule has 0 bridgehead atoms. The summed E-state index contributed by atoms with van der Waals surface area (Å²) in [6.07, 6.45) is 0. The van der Waals surface area contributed by atoms with Crippen LogP contribution in [0.2, 0.25) is 0 Å². The van der Waals surface area contributed by atoms with E-state index < -0.39 is 11.6 Å². The van der Waals surface area contributed by atoms with Crippen LogP contribution in [0.15, 0.2) is 41.3 Å². The quantitative estimate of drug-likeness (QED) is 0.508. The number of phenolic OH excluding ortho intramolecular Hbond substituents is 1. The van der Waals surface area contributed by atoms with Gasteiger partial charge in [-0.3, -0.25) is 0 Å². The van der Waals surface area contributed by atoms with E-state index in [-0.39, 0.29) is 16.3 Å². The summed E-state index contributed by atoms with van der Waals surface area (Å²) in [5.74, 6) is -0.455. The van der Waals surface area contributed by atoms with E-state index in [1.807, 2.05) is 0 Å². The molecule has 0 fully saturated rings. The summed E-state index contributed by atoms with van der Waals surface area (Å²) in [5, 5.41) is 9.27. The van der Waals surface area contributed by atoms with Gasteiger partial charge in [0.2, 0.25) is 0 Å². The van der Waals surface area contributed by atoms with Gasteiger partial charge >= 0.3 is 0 Å². The third-order valence-electron chi connectivity index (χ3n) is 2.38. The van der Waals surface area contributed by atoms with Crippen molar-refractivity contribution >= 4 is 17.4 Å². The first-order valence-electron chi connectivity index (χ1n) is 5.21. The van der Waals surface area contributed by atoms with Gasteiger partial charge in [-0.15, -0.1) is 11.8 Å². The van der Waals surface area contributed by atoms with Gasteiger partial charge in [0.1, 0.15) is 17.4 Å². The van der Waals surface area contributed by atoms with E-state index in [1.54, 1.807) is 12.1 Å². The fourth-order valence-corrected chi connectivity index (χ4v) is 2.35. The Morgan fingerprint density at radius 2 is 1.89 bits per heavy atom. The van der Waals surface area contributed by atoms with Crippen molar-refractivity contribution in [3.63, 3.8) is 0 Å². The topological polar surface area (TPSA) is 46.2 Å². The fraction of sp³-hybridized carbons (Fsp3) is 0.0769. The lowest BCUT2D eigenvalue weighted by Crippen LogP contribution is -1.89. The number of hydrogen-bond acceptors (Lipinski definition) is 3. The molecule has 0 saturated heterocycles. The summed E-state index contributed by atoms with van der Waals surface area (Å²) >= 11 is 1.18. The number of anilines is 1. The molecule has 0 aromatic heterocycles. The van der Waals surface area contributed by atoms with E-state index in [0.717, 1.165) is 23.8 Å². The zero-order chi connectivity index (χ0) is 13.1. The number of rotatable bonds is 3. The highest BCUT2D eigenvalue weighted by Crippen LogP contribution is 2.28. The van der Waals surface area contributed by atoms with Crippen LogP contribution >= 0.6 is 11.8 Å². The van der Waals surface area contributed by atoms with Gasteiger partial charge in [-0.1, -0.05) is 6.07 Å². The van der Waals surface area contributed by atoms with Gasteiger partial charge in [-0.25, -0.2) is 8.78 Å². The minimum absolute atomic E-state index is 0.0145. The van der Waals surface area contributed by atoms with Crippen LogP contribution in [0.5, 0.6) is 5.75 Å². The molecular formula is C13H11F2NOS. The van der Waals surface area contributed by atoms with E-state index in [9.17, 15) is 13.9 Å². The molecule has 2 aromatic carbocycles. The number of nitrogens with two attached hydrogens (primary N) is 1. The van der Waals surface area contributed by atoms with E-state index in [4.69, 9.17) is 5.73 Å². The highest BCUT2D eigenvalue weighted by atomic mass is 32.2. The van der Waals surface area contributed by atoms with Crippen LogP contribution in [0.3, 0.4) is 0 Å². The molecule has 0 aliphatic rings. The van der Waals surface area contributed by atoms with Crippen molar-refractivity contribution in [1.82, 2.24) is 0 Å². The van der Waals surface area contributed by atoms with Gasteiger partial charge in [0.25, 0.3) is 0 Å². The molecule has 0 spiro atoms. The Kier molecular flexibility index (Phi) is 3.72. The van der Waals surface area contributed by atoms with Crippen molar-refractivity contribution < 1.29 is 13.9 Å². The Labute approximate surface area is 107 Å². The molecule has 0 heterocycles. The largest absolute Gasteiger partial charge is 0.506 e. The number of benzene rings is 2. The Morgan fingerprint density at radius 1 is 1.11 bits per heavy atom. The molecule has 0 radical (unpaired) electrons. The minimum Gasteiger partial charge on any atom is -0.506 e. The van der Waals surface area contributed by atoms with Crippen LogP contribution in [0.4, 0.5) is 14.5 Å². The van der Waals surface area contributed by atoms with Gasteiger partial charge in [0, 0.05) is 10.6 Å². The molecule has 94 valence electrons. The molecule has 0 saturated carbocycles. The Morgan fingerprint density at radius 3 is 2.61 bits per heavy atom. The van der Waals surface area contributed by atoms with Gasteiger partial charge in [0.05, 0.1) is 5.69 Å². The van der Waals surface area contributed by atoms with E-state index in [1.165, 1.54) is 17.8 Å². The van der Waals surface area contributed by atoms with Crippen LogP contribution in [-0.4, -0.2) is 5.11 Å². The van der Waals surface area contributed by atoms with Gasteiger partial charge in [0.15, 0.2) is 0 Å². The van der Waals surface area contributed by atoms with Crippen molar-refractivity contribution in [3.8, 4) is 5.75 Å². The lowest BCUT2D eigenvalue weighted by molar-refractivity contribution is 0.478. The maximum absolute atomic E-state index is 13.4. The van der Waals surface area contributed by atoms with E-state index in [0.29, 0.717) is 5.75 Å². The second kappa shape index (κ2) is 5.27. The fourth-order valence-electron chi connectivity index (χ4n) is 1.44. The zero-order valence-corrected chi connectivity index (χ0v) is 10.2. The molecule has 0 aliphatic heterocycles. The molecule has 18 heavy (non-hydrogen) atoms. The first-order valence-corrected chi connectivity index (χ1v) is 6.20. The maximum atomic E-state index is 13.4. The monoisotopic (exact) mass is 267 g/mol. The summed E-state index contributed by atoms with van der Waals surface area (Å²) in [5.41, 5.74) is 6.65. The van der Waals surface area contributed by atoms with Crippen molar-refractivity contribution in [3.05, 3.63) is 53.6 Å². The molecule has 2 rings (SSSR count). The summed E-state index contributed by atoms with van der Waals surface area (Å²) in [6.45, 7) is 0. The predicted molar refractivity (Wildman–Crippen MR) is 68.4 cm³/mol. The lowest BCUT2D eigenvalue weighted by Gasteiger charge is -2.05. The minimum atomic E-state index is -0.468. The van der Waals surface area contributed by atoms with Crippen LogP contribution in [0.25, 0.3) is 0 Å². The molecule has 0 atom stereocenters. The van der Waals surface area contributed by atoms with Crippen molar-refractivity contribution in [1.29, 1.82) is 0 Å². The van der Waals surface area contributed by atoms with Crippen molar-refractivity contribution in [2.45, 2.75) is 10.6 Å². The third-order valence-corrected chi connectivity index (χ3v) is 3.48. The smallest absolute Gasteiger partial charge is 0.138 e. The van der Waals surface area contributed by atoms with Gasteiger partial charge in [-0.2, -0.15) is 0 Å². The standard InChI is InChI=1S/C13H11F2NOS/c14-9-2-3-10(15)13(6-9)18-7-8-1-4-12(17)11(16)5-8/h1-6,17H,7,16H2. The Hall–Kier alpha value is -1.75. The van der Waals surface area contributed by atoms with Crippen molar-refractivity contribution in [2.24, 2.45) is 0 Å². The average Bonchev–Trinajstić information content (AvgIpc) is 2.34. The summed E-state index contributed by atoms with van der Waals surface area (Å²) < 4.78 is 26.3. The molecule has 3 N–H and O–H groups in total. The number of halogens is 2. The Bertz CT molecular complexity index is 575. The molecule has 5 heteroatoms. The zero-order valence-electron chi connectivity index (χ0n) is 9.36. The van der Waals surface area contributed by atoms with Crippen molar-refractivity contribution in [2.75, 3.05) is 5.73 Å². The third kappa shape index (κ3) is 2.92. The van der Waals surface area contributed by atoms with Gasteiger partial charge < -0.3 is 10.8 Å². The molecule has 0 unspecified atom stereocenters. The molecule has 2 nitrogen and oxygen atoms in total. The number of nitrogen functional groups attached to an aromatic ring is 1. The number of thioether (sulfide) groups is 1. The highest BCUT2D eigenvalue weighted by molar-refractivity contribution is 7.98. The maximum Gasteiger partial charge on any atom is 0.138 e. The predicted octanol–water partition coefficient (Wildman–Crippen LogP) is 3.54. The molecule has 0 aliphatic carbocycles. The lowest BCUT2D eigenvalue weighted by atomic mass is 10.2. The SMILES string of the molecule is Nc1cc(CSc2cc(F)ccc2F)ccc1O. The second-order valence-electron chi connectivity index (χ2n) is 3.76. The second-order valence-corrected chi connectivity index (χ2v) is 4.77. The first-order chi connectivity index (χ1) is 8.56. The van der Waals surface area contributed by atoms with Crippen LogP contribution in [-0.2, 0) is 5.75 Å². The van der Waals surface area contributed by atoms with E-state index >= 15 is 0 Å². The normalized spacial score (nSPS) is 10.6. The summed E-state index contributed by atoms with van der Waals surface area (Å²) in [6, 6.07) is 8.12. The van der Waals surface area contributed by atoms with Crippen LogP contribution in [0.1, 0.15) is 5.56 Å². The number of hydrogen-bond donors (Lipinski definition) is 2. The van der Waals surface area contributed by atoms with Crippen LogP contribution < -0.4 is 5.73 Å². The molecule has 0 amide bonds. The van der Waals surface area contributed by atoms with Crippen LogP contribution in [0, 0.1) is 11.6 Å². The first kappa shape index (κ1) is 12.7.